The van der Waals surface area contributed by atoms with Crippen LogP contribution in [0.4, 0.5) is 10.1 Å². The zero-order chi connectivity index (χ0) is 18.5. The fourth-order valence-corrected chi connectivity index (χ4v) is 2.11. The minimum atomic E-state index is -1.04. The lowest BCUT2D eigenvalue weighted by Gasteiger charge is -2.14. The number of amides is 1. The molecule has 0 saturated heterocycles. The maximum Gasteiger partial charge on any atom is 0.338 e. The minimum Gasteiger partial charge on any atom is -0.449 e. The lowest BCUT2D eigenvalue weighted by atomic mass is 10.2. The Morgan fingerprint density at radius 2 is 1.96 bits per heavy atom. The van der Waals surface area contributed by atoms with E-state index >= 15 is 0 Å². The predicted octanol–water partition coefficient (Wildman–Crippen LogP) is 1.99. The molecule has 132 valence electrons. The molecule has 0 fully saturated rings. The van der Waals surface area contributed by atoms with Gasteiger partial charge in [-0.1, -0.05) is 6.07 Å². The van der Waals surface area contributed by atoms with Gasteiger partial charge in [0.1, 0.15) is 12.1 Å². The molecule has 1 atom stereocenters. The van der Waals surface area contributed by atoms with Gasteiger partial charge >= 0.3 is 5.97 Å². The zero-order valence-electron chi connectivity index (χ0n) is 13.7. The molecule has 0 radical (unpaired) electrons. The van der Waals surface area contributed by atoms with Gasteiger partial charge in [-0.15, -0.1) is 5.10 Å². The second-order valence-electron chi connectivity index (χ2n) is 5.35. The van der Waals surface area contributed by atoms with Gasteiger partial charge in [0.2, 0.25) is 0 Å². The molecule has 0 aliphatic rings. The number of ether oxygens (including phenoxy) is 1. The Labute approximate surface area is 147 Å². The minimum absolute atomic E-state index is 0.249. The second kappa shape index (κ2) is 7.51. The molecule has 0 bridgehead atoms. The molecular weight excluding hydrogens is 341 g/mol. The topological polar surface area (TPSA) is 99.0 Å². The van der Waals surface area contributed by atoms with E-state index < -0.39 is 23.8 Å². The quantitative estimate of drug-likeness (QED) is 0.703. The van der Waals surface area contributed by atoms with Crippen LogP contribution in [0.3, 0.4) is 0 Å². The number of esters is 1. The number of nitrogens with one attached hydrogen (secondary N) is 1. The summed E-state index contributed by atoms with van der Waals surface area (Å²) in [5.41, 5.74) is 1.23. The number of anilines is 1. The van der Waals surface area contributed by atoms with Gasteiger partial charge in [-0.05, 0) is 59.8 Å². The summed E-state index contributed by atoms with van der Waals surface area (Å²) >= 11 is 0. The molecule has 9 heteroatoms. The Hall–Kier alpha value is -3.62. The fraction of sp³-hybridized carbons (Fsp3) is 0.118. The maximum atomic E-state index is 12.9. The molecule has 0 saturated carbocycles. The summed E-state index contributed by atoms with van der Waals surface area (Å²) in [4.78, 5) is 24.4. The molecule has 2 aromatic carbocycles. The second-order valence-corrected chi connectivity index (χ2v) is 5.35. The molecule has 0 unspecified atom stereocenters. The van der Waals surface area contributed by atoms with Crippen LogP contribution in [0.5, 0.6) is 0 Å². The Morgan fingerprint density at radius 1 is 1.19 bits per heavy atom. The monoisotopic (exact) mass is 355 g/mol. The van der Waals surface area contributed by atoms with Crippen molar-refractivity contribution in [3.05, 3.63) is 66.2 Å². The zero-order valence-corrected chi connectivity index (χ0v) is 13.7. The average Bonchev–Trinajstić information content (AvgIpc) is 3.18. The summed E-state index contributed by atoms with van der Waals surface area (Å²) in [5.74, 6) is -1.60. The number of halogens is 1. The molecule has 26 heavy (non-hydrogen) atoms. The first-order chi connectivity index (χ1) is 12.5. The van der Waals surface area contributed by atoms with Gasteiger partial charge in [0.05, 0.1) is 11.3 Å². The summed E-state index contributed by atoms with van der Waals surface area (Å²) in [6, 6.07) is 11.7. The number of nitrogens with zero attached hydrogens (tertiary/aromatic N) is 4. The maximum absolute atomic E-state index is 12.9. The van der Waals surface area contributed by atoms with E-state index in [1.807, 2.05) is 0 Å². The summed E-state index contributed by atoms with van der Waals surface area (Å²) in [7, 11) is 0. The Morgan fingerprint density at radius 3 is 2.65 bits per heavy atom. The van der Waals surface area contributed by atoms with Gasteiger partial charge in [0.25, 0.3) is 5.91 Å². The van der Waals surface area contributed by atoms with E-state index in [0.29, 0.717) is 11.4 Å². The van der Waals surface area contributed by atoms with Gasteiger partial charge in [0.15, 0.2) is 6.10 Å². The molecule has 3 aromatic rings. The Kier molecular flexibility index (Phi) is 4.97. The van der Waals surface area contributed by atoms with Gasteiger partial charge in [-0.25, -0.2) is 13.9 Å². The van der Waals surface area contributed by atoms with Crippen LogP contribution in [-0.2, 0) is 9.53 Å². The van der Waals surface area contributed by atoms with Crippen LogP contribution in [0.15, 0.2) is 54.9 Å². The van der Waals surface area contributed by atoms with Crippen molar-refractivity contribution in [3.63, 3.8) is 0 Å². The van der Waals surface area contributed by atoms with Crippen LogP contribution < -0.4 is 5.32 Å². The van der Waals surface area contributed by atoms with Crippen molar-refractivity contribution in [2.45, 2.75) is 13.0 Å². The highest BCUT2D eigenvalue weighted by Crippen LogP contribution is 2.13. The van der Waals surface area contributed by atoms with Gasteiger partial charge in [0, 0.05) is 5.69 Å². The van der Waals surface area contributed by atoms with Crippen LogP contribution in [0, 0.1) is 5.82 Å². The summed E-state index contributed by atoms with van der Waals surface area (Å²) in [6.07, 6.45) is 0.354. The normalized spacial score (nSPS) is 11.6. The number of aromatic nitrogens is 4. The Balaban J connectivity index is 1.64. The van der Waals surface area contributed by atoms with Crippen LogP contribution in [0.2, 0.25) is 0 Å². The van der Waals surface area contributed by atoms with Crippen molar-refractivity contribution in [1.29, 1.82) is 0 Å². The number of carbonyl (C=O) groups is 2. The predicted molar refractivity (Wildman–Crippen MR) is 89.1 cm³/mol. The van der Waals surface area contributed by atoms with E-state index in [2.05, 4.69) is 20.8 Å². The molecule has 8 nitrogen and oxygen atoms in total. The van der Waals surface area contributed by atoms with Crippen LogP contribution in [0.25, 0.3) is 5.69 Å². The number of carbonyl (C=O) groups excluding carboxylic acids is 2. The van der Waals surface area contributed by atoms with Crippen molar-refractivity contribution >= 4 is 17.6 Å². The first-order valence-corrected chi connectivity index (χ1v) is 7.64. The molecule has 0 spiro atoms. The average molecular weight is 355 g/mol. The molecule has 1 amide bonds. The van der Waals surface area contributed by atoms with Crippen LogP contribution >= 0.6 is 0 Å². The van der Waals surface area contributed by atoms with Crippen LogP contribution in [0.1, 0.15) is 17.3 Å². The van der Waals surface area contributed by atoms with Crippen molar-refractivity contribution in [1.82, 2.24) is 20.2 Å². The van der Waals surface area contributed by atoms with Crippen molar-refractivity contribution in [3.8, 4) is 5.69 Å². The smallest absolute Gasteiger partial charge is 0.338 e. The molecule has 0 aliphatic heterocycles. The largest absolute Gasteiger partial charge is 0.449 e. The number of rotatable bonds is 5. The third-order valence-corrected chi connectivity index (χ3v) is 3.46. The number of benzene rings is 2. The van der Waals surface area contributed by atoms with E-state index in [9.17, 15) is 14.0 Å². The SMILES string of the molecule is C[C@H](OC(=O)c1cccc(-n2cnnn2)c1)C(=O)Nc1ccc(F)cc1. The highest BCUT2D eigenvalue weighted by Gasteiger charge is 2.19. The van der Waals surface area contributed by atoms with E-state index in [1.165, 1.54) is 42.2 Å². The summed E-state index contributed by atoms with van der Waals surface area (Å²) in [6.45, 7) is 1.45. The van der Waals surface area contributed by atoms with Crippen LogP contribution in [-0.4, -0.2) is 38.2 Å². The summed E-state index contributed by atoms with van der Waals surface area (Å²) < 4.78 is 19.5. The third-order valence-electron chi connectivity index (χ3n) is 3.46. The van der Waals surface area contributed by atoms with Crippen molar-refractivity contribution < 1.29 is 18.7 Å². The number of hydrogen-bond acceptors (Lipinski definition) is 6. The molecule has 1 N–H and O–H groups in total. The first kappa shape index (κ1) is 17.2. The molecule has 0 aliphatic carbocycles. The van der Waals surface area contributed by atoms with Crippen molar-refractivity contribution in [2.75, 3.05) is 5.32 Å². The highest BCUT2D eigenvalue weighted by molar-refractivity contribution is 5.97. The number of hydrogen-bond donors (Lipinski definition) is 1. The highest BCUT2D eigenvalue weighted by atomic mass is 19.1. The van der Waals surface area contributed by atoms with Crippen molar-refractivity contribution in [2.24, 2.45) is 0 Å². The number of tetrazole rings is 1. The van der Waals surface area contributed by atoms with E-state index in [1.54, 1.807) is 24.3 Å². The molecular formula is C17H14FN5O3. The first-order valence-electron chi connectivity index (χ1n) is 7.64. The molecule has 3 rings (SSSR count). The van der Waals surface area contributed by atoms with Gasteiger partial charge in [-0.2, -0.15) is 0 Å². The van der Waals surface area contributed by atoms with E-state index in [4.69, 9.17) is 4.74 Å². The molecule has 1 heterocycles. The van der Waals surface area contributed by atoms with E-state index in [0.717, 1.165) is 0 Å². The molecule has 1 aromatic heterocycles. The third kappa shape index (κ3) is 4.07. The Bertz CT molecular complexity index is 912. The fourth-order valence-electron chi connectivity index (χ4n) is 2.11. The van der Waals surface area contributed by atoms with Gasteiger partial charge in [-0.3, -0.25) is 4.79 Å². The van der Waals surface area contributed by atoms with E-state index in [-0.39, 0.29) is 5.56 Å². The lowest BCUT2D eigenvalue weighted by molar-refractivity contribution is -0.123. The van der Waals surface area contributed by atoms with Gasteiger partial charge < -0.3 is 10.1 Å². The summed E-state index contributed by atoms with van der Waals surface area (Å²) in [5, 5.41) is 13.3. The standard InChI is InChI=1S/C17H14FN5O3/c1-11(16(24)20-14-7-5-13(18)6-8-14)26-17(25)12-3-2-4-15(9-12)23-10-19-21-22-23/h2-11H,1H3,(H,20,24)/t11-/m0/s1. The lowest BCUT2D eigenvalue weighted by Crippen LogP contribution is -2.30.